The van der Waals surface area contributed by atoms with Gasteiger partial charge in [0.25, 0.3) is 0 Å². The highest BCUT2D eigenvalue weighted by molar-refractivity contribution is 6.71. The lowest BCUT2D eigenvalue weighted by Gasteiger charge is -2.33. The molecule has 1 unspecified atom stereocenters. The highest BCUT2D eigenvalue weighted by Gasteiger charge is 2.30. The minimum atomic E-state index is -1.30. The van der Waals surface area contributed by atoms with Gasteiger partial charge in [0, 0.05) is 7.11 Å². The van der Waals surface area contributed by atoms with Gasteiger partial charge in [-0.05, 0) is 32.0 Å². The predicted molar refractivity (Wildman–Crippen MR) is 43.4 cm³/mol. The lowest BCUT2D eigenvalue weighted by molar-refractivity contribution is -0.0733. The van der Waals surface area contributed by atoms with E-state index in [-0.39, 0.29) is 6.29 Å². The first-order chi connectivity index (χ1) is 4.64. The van der Waals surface area contributed by atoms with Gasteiger partial charge in [-0.2, -0.15) is 0 Å². The van der Waals surface area contributed by atoms with Crippen LogP contribution in [0.2, 0.25) is 19.1 Å². The topological polar surface area (TPSA) is 18.5 Å². The quantitative estimate of drug-likeness (QED) is 0.546. The van der Waals surface area contributed by atoms with Crippen LogP contribution < -0.4 is 0 Å². The zero-order chi connectivity index (χ0) is 7.61. The van der Waals surface area contributed by atoms with Gasteiger partial charge in [0.05, 0.1) is 0 Å². The SMILES string of the molecule is COC1CCC[Si](C)(C)O1. The van der Waals surface area contributed by atoms with Crippen LogP contribution >= 0.6 is 0 Å². The molecule has 0 aromatic heterocycles. The van der Waals surface area contributed by atoms with Gasteiger partial charge in [-0.3, -0.25) is 0 Å². The number of rotatable bonds is 1. The second-order valence-electron chi connectivity index (χ2n) is 3.44. The van der Waals surface area contributed by atoms with E-state index >= 15 is 0 Å². The zero-order valence-electron chi connectivity index (χ0n) is 7.02. The first-order valence-electron chi connectivity index (χ1n) is 3.85. The molecule has 0 spiro atoms. The van der Waals surface area contributed by atoms with Gasteiger partial charge < -0.3 is 9.16 Å². The molecule has 0 aromatic carbocycles. The van der Waals surface area contributed by atoms with Crippen molar-refractivity contribution in [1.82, 2.24) is 0 Å². The van der Waals surface area contributed by atoms with Gasteiger partial charge in [0.1, 0.15) is 6.29 Å². The summed E-state index contributed by atoms with van der Waals surface area (Å²) in [6.07, 6.45) is 2.44. The van der Waals surface area contributed by atoms with Crippen LogP contribution in [0.5, 0.6) is 0 Å². The molecule has 1 aliphatic heterocycles. The Kier molecular flexibility index (Phi) is 2.49. The first-order valence-corrected chi connectivity index (χ1v) is 6.96. The van der Waals surface area contributed by atoms with Crippen molar-refractivity contribution < 1.29 is 9.16 Å². The zero-order valence-corrected chi connectivity index (χ0v) is 8.02. The summed E-state index contributed by atoms with van der Waals surface area (Å²) < 4.78 is 10.9. The molecule has 0 bridgehead atoms. The van der Waals surface area contributed by atoms with Crippen molar-refractivity contribution in [3.8, 4) is 0 Å². The molecule has 10 heavy (non-hydrogen) atoms. The standard InChI is InChI=1S/C7H16O2Si/c1-8-7-5-4-6-10(2,3)9-7/h7H,4-6H2,1-3H3. The van der Waals surface area contributed by atoms with E-state index in [2.05, 4.69) is 13.1 Å². The molecule has 1 heterocycles. The van der Waals surface area contributed by atoms with E-state index in [9.17, 15) is 0 Å². The highest BCUT2D eigenvalue weighted by atomic mass is 28.4. The average Bonchev–Trinajstić information content (AvgIpc) is 1.86. The molecular formula is C7H16O2Si. The number of ether oxygens (including phenoxy) is 1. The molecule has 1 fully saturated rings. The fourth-order valence-corrected chi connectivity index (χ4v) is 3.43. The van der Waals surface area contributed by atoms with Gasteiger partial charge in [-0.15, -0.1) is 0 Å². The van der Waals surface area contributed by atoms with Crippen molar-refractivity contribution in [2.45, 2.75) is 38.3 Å². The maximum absolute atomic E-state index is 5.74. The van der Waals surface area contributed by atoms with Gasteiger partial charge in [-0.1, -0.05) is 0 Å². The number of methoxy groups -OCH3 is 1. The van der Waals surface area contributed by atoms with E-state index in [0.717, 1.165) is 6.42 Å². The minimum absolute atomic E-state index is 0.0930. The molecule has 1 rings (SSSR count). The summed E-state index contributed by atoms with van der Waals surface area (Å²) >= 11 is 0. The fourth-order valence-electron chi connectivity index (χ4n) is 1.33. The third-order valence-electron chi connectivity index (χ3n) is 1.93. The number of hydrogen-bond donors (Lipinski definition) is 0. The third kappa shape index (κ3) is 2.07. The normalized spacial score (nSPS) is 32.1. The molecule has 2 nitrogen and oxygen atoms in total. The Balaban J connectivity index is 2.40. The second-order valence-corrected chi connectivity index (χ2v) is 7.69. The monoisotopic (exact) mass is 160 g/mol. The van der Waals surface area contributed by atoms with Crippen LogP contribution in [0.15, 0.2) is 0 Å². The molecule has 0 N–H and O–H groups in total. The van der Waals surface area contributed by atoms with E-state index in [1.807, 2.05) is 0 Å². The van der Waals surface area contributed by atoms with Gasteiger partial charge >= 0.3 is 0 Å². The lowest BCUT2D eigenvalue weighted by Crippen LogP contribution is -2.40. The Morgan fingerprint density at radius 3 is 2.60 bits per heavy atom. The molecule has 1 aliphatic rings. The molecule has 1 atom stereocenters. The van der Waals surface area contributed by atoms with Crippen molar-refractivity contribution >= 4 is 8.32 Å². The molecule has 0 saturated carbocycles. The molecule has 0 amide bonds. The van der Waals surface area contributed by atoms with Gasteiger partial charge in [0.2, 0.25) is 0 Å². The van der Waals surface area contributed by atoms with Crippen LogP contribution in [0.1, 0.15) is 12.8 Å². The minimum Gasteiger partial charge on any atom is -0.393 e. The maximum Gasteiger partial charge on any atom is 0.190 e. The predicted octanol–water partition coefficient (Wildman–Crippen LogP) is 1.97. The van der Waals surface area contributed by atoms with Crippen LogP contribution in [0.3, 0.4) is 0 Å². The van der Waals surface area contributed by atoms with Crippen molar-refractivity contribution in [1.29, 1.82) is 0 Å². The molecule has 0 aromatic rings. The molecule has 60 valence electrons. The van der Waals surface area contributed by atoms with Crippen molar-refractivity contribution in [2.75, 3.05) is 7.11 Å². The van der Waals surface area contributed by atoms with Crippen LogP contribution in [0.25, 0.3) is 0 Å². The maximum atomic E-state index is 5.74. The van der Waals surface area contributed by atoms with E-state index in [4.69, 9.17) is 9.16 Å². The molecule has 0 radical (unpaired) electrons. The van der Waals surface area contributed by atoms with Crippen molar-refractivity contribution in [3.63, 3.8) is 0 Å². The van der Waals surface area contributed by atoms with Crippen LogP contribution in [0.4, 0.5) is 0 Å². The highest BCUT2D eigenvalue weighted by Crippen LogP contribution is 2.25. The third-order valence-corrected chi connectivity index (χ3v) is 4.39. The summed E-state index contributed by atoms with van der Waals surface area (Å²) in [6.45, 7) is 4.50. The average molecular weight is 160 g/mol. The van der Waals surface area contributed by atoms with Crippen molar-refractivity contribution in [2.24, 2.45) is 0 Å². The lowest BCUT2D eigenvalue weighted by atomic mass is 10.3. The largest absolute Gasteiger partial charge is 0.393 e. The summed E-state index contributed by atoms with van der Waals surface area (Å²) in [5.74, 6) is 0. The molecule has 0 aliphatic carbocycles. The van der Waals surface area contributed by atoms with E-state index < -0.39 is 8.32 Å². The Morgan fingerprint density at radius 1 is 1.50 bits per heavy atom. The second kappa shape index (κ2) is 3.03. The molecule has 1 saturated heterocycles. The fraction of sp³-hybridized carbons (Fsp3) is 1.00. The summed E-state index contributed by atoms with van der Waals surface area (Å²) in [6, 6.07) is 1.28. The van der Waals surface area contributed by atoms with Crippen molar-refractivity contribution in [3.05, 3.63) is 0 Å². The van der Waals surface area contributed by atoms with E-state index in [0.29, 0.717) is 0 Å². The molecule has 3 heteroatoms. The summed E-state index contributed by atoms with van der Waals surface area (Å²) in [5.41, 5.74) is 0. The van der Waals surface area contributed by atoms with Gasteiger partial charge in [0.15, 0.2) is 8.32 Å². The first kappa shape index (κ1) is 8.24. The van der Waals surface area contributed by atoms with Crippen LogP contribution in [-0.2, 0) is 9.16 Å². The van der Waals surface area contributed by atoms with Crippen LogP contribution in [0, 0.1) is 0 Å². The van der Waals surface area contributed by atoms with E-state index in [1.165, 1.54) is 12.5 Å². The summed E-state index contributed by atoms with van der Waals surface area (Å²) in [4.78, 5) is 0. The Labute approximate surface area is 63.7 Å². The summed E-state index contributed by atoms with van der Waals surface area (Å²) in [5, 5.41) is 0. The van der Waals surface area contributed by atoms with Crippen LogP contribution in [-0.4, -0.2) is 21.7 Å². The number of hydrogen-bond acceptors (Lipinski definition) is 2. The molecular weight excluding hydrogens is 144 g/mol. The smallest absolute Gasteiger partial charge is 0.190 e. The van der Waals surface area contributed by atoms with Gasteiger partial charge in [-0.25, -0.2) is 0 Å². The summed E-state index contributed by atoms with van der Waals surface area (Å²) in [7, 11) is 0.423. The van der Waals surface area contributed by atoms with E-state index in [1.54, 1.807) is 7.11 Å². The Bertz CT molecular complexity index is 114. The Morgan fingerprint density at radius 2 is 2.20 bits per heavy atom. The Hall–Kier alpha value is 0.137.